The molecule has 98 valence electrons. The monoisotopic (exact) mass is 254 g/mol. The first-order valence-electron chi connectivity index (χ1n) is 6.45. The molecule has 1 aromatic rings. The van der Waals surface area contributed by atoms with Gasteiger partial charge in [-0.1, -0.05) is 60.7 Å². The number of ether oxygens (including phenoxy) is 1. The van der Waals surface area contributed by atoms with Gasteiger partial charge in [-0.15, -0.1) is 0 Å². The molecule has 0 spiro atoms. The van der Waals surface area contributed by atoms with Crippen LogP contribution in [0.15, 0.2) is 66.8 Å². The van der Waals surface area contributed by atoms with Gasteiger partial charge < -0.3 is 4.74 Å². The second-order valence-electron chi connectivity index (χ2n) is 4.53. The summed E-state index contributed by atoms with van der Waals surface area (Å²) in [6.07, 6.45) is 12.9. The molecule has 1 aliphatic carbocycles. The molecule has 0 radical (unpaired) electrons. The molecule has 0 heterocycles. The van der Waals surface area contributed by atoms with Gasteiger partial charge in [-0.2, -0.15) is 0 Å². The van der Waals surface area contributed by atoms with Crippen molar-refractivity contribution in [2.45, 2.75) is 12.3 Å². The highest BCUT2D eigenvalue weighted by Crippen LogP contribution is 2.31. The fourth-order valence-electron chi connectivity index (χ4n) is 2.29. The van der Waals surface area contributed by atoms with E-state index in [1.54, 1.807) is 0 Å². The summed E-state index contributed by atoms with van der Waals surface area (Å²) in [6.45, 7) is 0. The Morgan fingerprint density at radius 3 is 2.74 bits per heavy atom. The van der Waals surface area contributed by atoms with Gasteiger partial charge in [0.2, 0.25) is 0 Å². The van der Waals surface area contributed by atoms with Gasteiger partial charge in [-0.05, 0) is 17.9 Å². The van der Waals surface area contributed by atoms with Gasteiger partial charge in [0.1, 0.15) is 0 Å². The van der Waals surface area contributed by atoms with Crippen molar-refractivity contribution >= 4 is 5.97 Å². The van der Waals surface area contributed by atoms with Gasteiger partial charge in [0.05, 0.1) is 7.11 Å². The number of allylic oxidation sites excluding steroid dienone is 5. The van der Waals surface area contributed by atoms with Crippen LogP contribution in [0.2, 0.25) is 0 Å². The van der Waals surface area contributed by atoms with E-state index in [1.165, 1.54) is 18.7 Å². The third-order valence-electron chi connectivity index (χ3n) is 3.30. The van der Waals surface area contributed by atoms with Gasteiger partial charge >= 0.3 is 5.97 Å². The predicted octanol–water partition coefficient (Wildman–Crippen LogP) is 3.63. The minimum Gasteiger partial charge on any atom is -0.466 e. The quantitative estimate of drug-likeness (QED) is 0.606. The fraction of sp³-hybridized carbons (Fsp3) is 0.235. The molecule has 2 heteroatoms. The number of benzene rings is 1. The van der Waals surface area contributed by atoms with Crippen LogP contribution in [0.4, 0.5) is 0 Å². The van der Waals surface area contributed by atoms with E-state index < -0.39 is 0 Å². The topological polar surface area (TPSA) is 26.3 Å². The first-order chi connectivity index (χ1) is 9.31. The lowest BCUT2D eigenvalue weighted by molar-refractivity contribution is -0.134. The van der Waals surface area contributed by atoms with Crippen molar-refractivity contribution < 1.29 is 9.53 Å². The van der Waals surface area contributed by atoms with Crippen molar-refractivity contribution in [1.29, 1.82) is 0 Å². The summed E-state index contributed by atoms with van der Waals surface area (Å²) in [6, 6.07) is 10.2. The molecule has 2 nitrogen and oxygen atoms in total. The maximum Gasteiger partial charge on any atom is 0.330 e. The molecule has 0 unspecified atom stereocenters. The van der Waals surface area contributed by atoms with E-state index in [0.29, 0.717) is 5.92 Å². The van der Waals surface area contributed by atoms with Crippen LogP contribution >= 0.6 is 0 Å². The lowest BCUT2D eigenvalue weighted by Crippen LogP contribution is -2.10. The molecule has 0 saturated heterocycles. The van der Waals surface area contributed by atoms with E-state index in [-0.39, 0.29) is 11.9 Å². The average molecular weight is 254 g/mol. The van der Waals surface area contributed by atoms with E-state index in [1.807, 2.05) is 24.3 Å². The predicted molar refractivity (Wildman–Crippen MR) is 76.7 cm³/mol. The zero-order valence-electron chi connectivity index (χ0n) is 11.0. The van der Waals surface area contributed by atoms with E-state index in [2.05, 4.69) is 41.2 Å². The Hall–Kier alpha value is -2.09. The van der Waals surface area contributed by atoms with Gasteiger partial charge in [0.15, 0.2) is 0 Å². The molecular formula is C17H18O2. The molecule has 0 amide bonds. The summed E-state index contributed by atoms with van der Waals surface area (Å²) in [4.78, 5) is 11.3. The number of esters is 1. The van der Waals surface area contributed by atoms with Crippen LogP contribution in [0.25, 0.3) is 0 Å². The Bertz CT molecular complexity index is 497. The van der Waals surface area contributed by atoms with Crippen molar-refractivity contribution in [3.63, 3.8) is 0 Å². The first kappa shape index (κ1) is 13.3. The Morgan fingerprint density at radius 1 is 1.32 bits per heavy atom. The Labute approximate surface area is 114 Å². The van der Waals surface area contributed by atoms with Crippen molar-refractivity contribution in [3.05, 3.63) is 72.4 Å². The molecule has 0 aliphatic heterocycles. The van der Waals surface area contributed by atoms with Crippen LogP contribution in [-0.2, 0) is 9.53 Å². The molecule has 0 bridgehead atoms. The maximum absolute atomic E-state index is 11.3. The fourth-order valence-corrected chi connectivity index (χ4v) is 2.29. The summed E-state index contributed by atoms with van der Waals surface area (Å²) in [7, 11) is 1.40. The molecule has 0 N–H and O–H groups in total. The summed E-state index contributed by atoms with van der Waals surface area (Å²) in [5, 5.41) is 0. The number of hydrogen-bond acceptors (Lipinski definition) is 2. The largest absolute Gasteiger partial charge is 0.466 e. The van der Waals surface area contributed by atoms with Gasteiger partial charge in [0, 0.05) is 12.0 Å². The zero-order valence-corrected chi connectivity index (χ0v) is 11.0. The second kappa shape index (κ2) is 6.74. The lowest BCUT2D eigenvalue weighted by Gasteiger charge is -2.22. The smallest absolute Gasteiger partial charge is 0.330 e. The van der Waals surface area contributed by atoms with Crippen LogP contribution in [-0.4, -0.2) is 13.1 Å². The van der Waals surface area contributed by atoms with Crippen molar-refractivity contribution in [2.75, 3.05) is 7.11 Å². The van der Waals surface area contributed by atoms with Crippen molar-refractivity contribution in [2.24, 2.45) is 5.92 Å². The number of carbonyl (C=O) groups is 1. The highest BCUT2D eigenvalue weighted by molar-refractivity contribution is 5.81. The second-order valence-corrected chi connectivity index (χ2v) is 4.53. The molecule has 0 aromatic heterocycles. The first-order valence-corrected chi connectivity index (χ1v) is 6.45. The summed E-state index contributed by atoms with van der Waals surface area (Å²) in [5.41, 5.74) is 1.22. The molecule has 0 saturated carbocycles. The SMILES string of the molecule is COC(=O)/C=C/[C@@H](c1ccccc1)[C@@H]1C=CC=CC1. The Kier molecular flexibility index (Phi) is 4.73. The van der Waals surface area contributed by atoms with Crippen molar-refractivity contribution in [1.82, 2.24) is 0 Å². The standard InChI is InChI=1S/C17H18O2/c1-19-17(18)13-12-16(14-8-4-2-5-9-14)15-10-6-3-7-11-15/h2-10,12-13,15-16H,11H2,1H3/b13-12+/t15-,16+/m1/s1. The average Bonchev–Trinajstić information content (AvgIpc) is 2.49. The molecule has 2 atom stereocenters. The van der Waals surface area contributed by atoms with E-state index in [9.17, 15) is 4.79 Å². The Morgan fingerprint density at radius 2 is 2.11 bits per heavy atom. The van der Waals surface area contributed by atoms with Crippen LogP contribution < -0.4 is 0 Å². The van der Waals surface area contributed by atoms with Crippen LogP contribution in [0.3, 0.4) is 0 Å². The van der Waals surface area contributed by atoms with E-state index >= 15 is 0 Å². The van der Waals surface area contributed by atoms with Crippen LogP contribution in [0, 0.1) is 5.92 Å². The van der Waals surface area contributed by atoms with E-state index in [0.717, 1.165) is 6.42 Å². The minimum absolute atomic E-state index is 0.196. The normalized spacial score (nSPS) is 19.5. The lowest BCUT2D eigenvalue weighted by atomic mass is 9.82. The third-order valence-corrected chi connectivity index (χ3v) is 3.30. The maximum atomic E-state index is 11.3. The molecule has 1 aromatic carbocycles. The Balaban J connectivity index is 2.23. The van der Waals surface area contributed by atoms with Gasteiger partial charge in [-0.3, -0.25) is 0 Å². The zero-order chi connectivity index (χ0) is 13.5. The number of carbonyl (C=O) groups excluding carboxylic acids is 1. The van der Waals surface area contributed by atoms with Crippen LogP contribution in [0.1, 0.15) is 17.9 Å². The number of hydrogen-bond donors (Lipinski definition) is 0. The third kappa shape index (κ3) is 3.68. The molecule has 2 rings (SSSR count). The molecule has 19 heavy (non-hydrogen) atoms. The van der Waals surface area contributed by atoms with Gasteiger partial charge in [-0.25, -0.2) is 4.79 Å². The summed E-state index contributed by atoms with van der Waals surface area (Å²) < 4.78 is 4.67. The number of rotatable bonds is 4. The van der Waals surface area contributed by atoms with Crippen LogP contribution in [0.5, 0.6) is 0 Å². The summed E-state index contributed by atoms with van der Waals surface area (Å²) >= 11 is 0. The highest BCUT2D eigenvalue weighted by atomic mass is 16.5. The van der Waals surface area contributed by atoms with Gasteiger partial charge in [0.25, 0.3) is 0 Å². The molecular weight excluding hydrogens is 236 g/mol. The highest BCUT2D eigenvalue weighted by Gasteiger charge is 2.18. The number of methoxy groups -OCH3 is 1. The van der Waals surface area contributed by atoms with Crippen molar-refractivity contribution in [3.8, 4) is 0 Å². The van der Waals surface area contributed by atoms with E-state index in [4.69, 9.17) is 0 Å². The summed E-state index contributed by atoms with van der Waals surface area (Å²) in [5.74, 6) is 0.270. The molecule has 0 fully saturated rings. The molecule has 1 aliphatic rings. The minimum atomic E-state index is -0.309.